The smallest absolute Gasteiger partial charge is 0.223 e. The van der Waals surface area contributed by atoms with Gasteiger partial charge in [-0.2, -0.15) is 0 Å². The summed E-state index contributed by atoms with van der Waals surface area (Å²) in [5.41, 5.74) is 5.71. The van der Waals surface area contributed by atoms with E-state index >= 15 is 0 Å². The molecule has 1 unspecified atom stereocenters. The van der Waals surface area contributed by atoms with Crippen molar-refractivity contribution in [1.29, 1.82) is 0 Å². The molecule has 1 amide bonds. The van der Waals surface area contributed by atoms with Crippen molar-refractivity contribution in [3.05, 3.63) is 0 Å². The average molecular weight is 348 g/mol. The highest BCUT2D eigenvalue weighted by molar-refractivity contribution is 7.89. The molecule has 1 aliphatic heterocycles. The first-order valence-corrected chi connectivity index (χ1v) is 10.5. The third-order valence-corrected chi connectivity index (χ3v) is 6.47. The number of carbonyl (C=O) groups excluding carboxylic acids is 1. The molecule has 1 heterocycles. The summed E-state index contributed by atoms with van der Waals surface area (Å²) >= 11 is 0. The lowest BCUT2D eigenvalue weighted by Gasteiger charge is -2.31. The Bertz CT molecular complexity index is 445. The number of hydrogen-bond donors (Lipinski definition) is 2. The van der Waals surface area contributed by atoms with Gasteiger partial charge < -0.3 is 11.1 Å². The summed E-state index contributed by atoms with van der Waals surface area (Å²) in [5, 5.41) is 3.03. The molecular weight excluding hydrogens is 314 g/mol. The molecule has 1 fully saturated rings. The SMILES string of the molecule is CCCCC(CN)NC(=O)C1CCN(S(=O)(=O)CCCC)CC1. The van der Waals surface area contributed by atoms with E-state index in [1.54, 1.807) is 4.31 Å². The molecule has 6 nitrogen and oxygen atoms in total. The van der Waals surface area contributed by atoms with E-state index in [4.69, 9.17) is 5.73 Å². The Hall–Kier alpha value is -0.660. The number of hydrogen-bond acceptors (Lipinski definition) is 4. The van der Waals surface area contributed by atoms with Gasteiger partial charge in [-0.05, 0) is 25.7 Å². The fraction of sp³-hybridized carbons (Fsp3) is 0.938. The van der Waals surface area contributed by atoms with Crippen LogP contribution in [0.3, 0.4) is 0 Å². The molecule has 1 aliphatic rings. The van der Waals surface area contributed by atoms with E-state index in [9.17, 15) is 13.2 Å². The Labute approximate surface area is 141 Å². The van der Waals surface area contributed by atoms with E-state index in [0.29, 0.717) is 38.9 Å². The molecule has 136 valence electrons. The van der Waals surface area contributed by atoms with Crippen LogP contribution in [0.15, 0.2) is 0 Å². The summed E-state index contributed by atoms with van der Waals surface area (Å²) in [4.78, 5) is 12.3. The first-order chi connectivity index (χ1) is 10.9. The van der Waals surface area contributed by atoms with Gasteiger partial charge in [-0.25, -0.2) is 12.7 Å². The van der Waals surface area contributed by atoms with Crippen LogP contribution in [0.25, 0.3) is 0 Å². The molecule has 3 N–H and O–H groups in total. The van der Waals surface area contributed by atoms with Crippen molar-refractivity contribution < 1.29 is 13.2 Å². The van der Waals surface area contributed by atoms with Crippen molar-refractivity contribution >= 4 is 15.9 Å². The fourth-order valence-electron chi connectivity index (χ4n) is 2.87. The second kappa shape index (κ2) is 10.3. The van der Waals surface area contributed by atoms with Gasteiger partial charge in [-0.3, -0.25) is 4.79 Å². The predicted molar refractivity (Wildman–Crippen MR) is 93.5 cm³/mol. The summed E-state index contributed by atoms with van der Waals surface area (Å²) in [6.07, 6.45) is 5.80. The molecule has 0 aliphatic carbocycles. The minimum Gasteiger partial charge on any atom is -0.352 e. The average Bonchev–Trinajstić information content (AvgIpc) is 2.56. The van der Waals surface area contributed by atoms with Crippen LogP contribution in [0.1, 0.15) is 58.8 Å². The second-order valence-electron chi connectivity index (χ2n) is 6.43. The number of amides is 1. The lowest BCUT2D eigenvalue weighted by atomic mass is 9.96. The zero-order chi connectivity index (χ0) is 17.3. The second-order valence-corrected chi connectivity index (χ2v) is 8.51. The van der Waals surface area contributed by atoms with Crippen molar-refractivity contribution in [2.75, 3.05) is 25.4 Å². The molecule has 1 atom stereocenters. The third-order valence-electron chi connectivity index (χ3n) is 4.51. The van der Waals surface area contributed by atoms with E-state index in [-0.39, 0.29) is 23.6 Å². The summed E-state index contributed by atoms with van der Waals surface area (Å²) in [6, 6.07) is 0.0359. The van der Waals surface area contributed by atoms with E-state index < -0.39 is 10.0 Å². The van der Waals surface area contributed by atoms with Gasteiger partial charge in [0.15, 0.2) is 0 Å². The number of unbranched alkanes of at least 4 members (excludes halogenated alkanes) is 2. The number of carbonyl (C=O) groups is 1. The van der Waals surface area contributed by atoms with E-state index in [1.165, 1.54) is 0 Å². The summed E-state index contributed by atoms with van der Waals surface area (Å²) < 4.78 is 25.9. The van der Waals surface area contributed by atoms with Crippen LogP contribution in [-0.4, -0.2) is 50.1 Å². The van der Waals surface area contributed by atoms with Crippen LogP contribution in [-0.2, 0) is 14.8 Å². The van der Waals surface area contributed by atoms with Crippen molar-refractivity contribution in [3.63, 3.8) is 0 Å². The van der Waals surface area contributed by atoms with Crippen LogP contribution >= 0.6 is 0 Å². The number of sulfonamides is 1. The van der Waals surface area contributed by atoms with Crippen molar-refractivity contribution in [2.45, 2.75) is 64.8 Å². The molecule has 0 bridgehead atoms. The van der Waals surface area contributed by atoms with E-state index in [0.717, 1.165) is 25.7 Å². The third kappa shape index (κ3) is 6.77. The maximum absolute atomic E-state index is 12.3. The van der Waals surface area contributed by atoms with Crippen molar-refractivity contribution in [3.8, 4) is 0 Å². The Morgan fingerprint density at radius 3 is 2.35 bits per heavy atom. The molecule has 23 heavy (non-hydrogen) atoms. The molecule has 0 radical (unpaired) electrons. The zero-order valence-corrected chi connectivity index (χ0v) is 15.4. The number of nitrogens with zero attached hydrogens (tertiary/aromatic N) is 1. The van der Waals surface area contributed by atoms with Crippen LogP contribution in [0.5, 0.6) is 0 Å². The number of rotatable bonds is 10. The lowest BCUT2D eigenvalue weighted by molar-refractivity contribution is -0.126. The van der Waals surface area contributed by atoms with Crippen LogP contribution < -0.4 is 11.1 Å². The van der Waals surface area contributed by atoms with E-state index in [1.807, 2.05) is 6.92 Å². The monoisotopic (exact) mass is 347 g/mol. The number of piperidine rings is 1. The zero-order valence-electron chi connectivity index (χ0n) is 14.6. The van der Waals surface area contributed by atoms with Gasteiger partial charge in [-0.1, -0.05) is 33.1 Å². The topological polar surface area (TPSA) is 92.5 Å². The Morgan fingerprint density at radius 2 is 1.83 bits per heavy atom. The highest BCUT2D eigenvalue weighted by Crippen LogP contribution is 2.21. The molecule has 0 aromatic heterocycles. The Kier molecular flexibility index (Phi) is 9.09. The standard InChI is InChI=1S/C16H33N3O3S/c1-3-5-7-15(13-17)18-16(20)14-8-10-19(11-9-14)23(21,22)12-6-4-2/h14-15H,3-13,17H2,1-2H3,(H,18,20). The quantitative estimate of drug-likeness (QED) is 0.626. The fourth-order valence-corrected chi connectivity index (χ4v) is 4.55. The molecule has 1 saturated heterocycles. The summed E-state index contributed by atoms with van der Waals surface area (Å²) in [6.45, 7) is 5.46. The highest BCUT2D eigenvalue weighted by Gasteiger charge is 2.31. The molecule has 7 heteroatoms. The van der Waals surface area contributed by atoms with Gasteiger partial charge in [0, 0.05) is 31.6 Å². The predicted octanol–water partition coefficient (Wildman–Crippen LogP) is 1.46. The maximum atomic E-state index is 12.3. The van der Waals surface area contributed by atoms with Crippen LogP contribution in [0.4, 0.5) is 0 Å². The minimum absolute atomic E-state index is 0.0298. The van der Waals surface area contributed by atoms with Gasteiger partial charge in [0.2, 0.25) is 15.9 Å². The summed E-state index contributed by atoms with van der Waals surface area (Å²) in [5.74, 6) is 0.151. The molecular formula is C16H33N3O3S. The Balaban J connectivity index is 2.44. The largest absolute Gasteiger partial charge is 0.352 e. The maximum Gasteiger partial charge on any atom is 0.223 e. The summed E-state index contributed by atoms with van der Waals surface area (Å²) in [7, 11) is -3.15. The van der Waals surface area contributed by atoms with Gasteiger partial charge in [0.05, 0.1) is 5.75 Å². The lowest BCUT2D eigenvalue weighted by Crippen LogP contribution is -2.47. The molecule has 1 rings (SSSR count). The first-order valence-electron chi connectivity index (χ1n) is 8.92. The molecule has 0 aromatic carbocycles. The first kappa shape index (κ1) is 20.4. The van der Waals surface area contributed by atoms with Gasteiger partial charge in [0.25, 0.3) is 0 Å². The van der Waals surface area contributed by atoms with Gasteiger partial charge in [-0.15, -0.1) is 0 Å². The normalized spacial score (nSPS) is 18.7. The van der Waals surface area contributed by atoms with Crippen molar-refractivity contribution in [2.24, 2.45) is 11.7 Å². The molecule has 0 aromatic rings. The minimum atomic E-state index is -3.15. The van der Waals surface area contributed by atoms with Gasteiger partial charge >= 0.3 is 0 Å². The highest BCUT2D eigenvalue weighted by atomic mass is 32.2. The van der Waals surface area contributed by atoms with Crippen LogP contribution in [0, 0.1) is 5.92 Å². The number of nitrogens with one attached hydrogen (secondary N) is 1. The Morgan fingerprint density at radius 1 is 1.22 bits per heavy atom. The number of nitrogens with two attached hydrogens (primary N) is 1. The van der Waals surface area contributed by atoms with Gasteiger partial charge in [0.1, 0.15) is 0 Å². The van der Waals surface area contributed by atoms with E-state index in [2.05, 4.69) is 12.2 Å². The molecule has 0 saturated carbocycles. The van der Waals surface area contributed by atoms with Crippen LogP contribution in [0.2, 0.25) is 0 Å². The van der Waals surface area contributed by atoms with Crippen molar-refractivity contribution in [1.82, 2.24) is 9.62 Å². The molecule has 0 spiro atoms.